The van der Waals surface area contributed by atoms with Crippen molar-refractivity contribution in [2.24, 2.45) is 0 Å². The van der Waals surface area contributed by atoms with E-state index < -0.39 is 0 Å². The van der Waals surface area contributed by atoms with Gasteiger partial charge in [-0.05, 0) is 138 Å². The highest BCUT2D eigenvalue weighted by Crippen LogP contribution is 2.41. The number of anilines is 3. The molecule has 0 bridgehead atoms. The quantitative estimate of drug-likeness (QED) is 0.144. The highest BCUT2D eigenvalue weighted by atomic mass is 16.3. The summed E-state index contributed by atoms with van der Waals surface area (Å²) in [6, 6.07) is 93.8. The van der Waals surface area contributed by atoms with Crippen LogP contribution in [0.25, 0.3) is 99.5 Å². The second kappa shape index (κ2) is 16.8. The average molecular weight is 842 g/mol. The molecule has 2 nitrogen and oxygen atoms in total. The molecule has 12 rings (SSSR count). The van der Waals surface area contributed by atoms with Gasteiger partial charge in [0.05, 0.1) is 0 Å². The number of fused-ring (bicyclic) bond motifs is 3. The van der Waals surface area contributed by atoms with Crippen LogP contribution in [0.1, 0.15) is 0 Å². The van der Waals surface area contributed by atoms with Crippen LogP contribution in [0, 0.1) is 0 Å². The van der Waals surface area contributed by atoms with Gasteiger partial charge in [-0.3, -0.25) is 0 Å². The lowest BCUT2D eigenvalue weighted by atomic mass is 9.93. The minimum atomic E-state index is 0.857. The first-order valence-corrected chi connectivity index (χ1v) is 22.6. The van der Waals surface area contributed by atoms with E-state index in [1.807, 2.05) is 12.1 Å². The minimum absolute atomic E-state index is 0.857. The van der Waals surface area contributed by atoms with Gasteiger partial charge in [-0.15, -0.1) is 0 Å². The molecule has 0 amide bonds. The lowest BCUT2D eigenvalue weighted by Crippen LogP contribution is -2.09. The Balaban J connectivity index is 0.896. The van der Waals surface area contributed by atoms with E-state index in [-0.39, 0.29) is 0 Å². The molecule has 0 aliphatic rings. The predicted molar refractivity (Wildman–Crippen MR) is 279 cm³/mol. The van der Waals surface area contributed by atoms with Crippen molar-refractivity contribution in [3.63, 3.8) is 0 Å². The van der Waals surface area contributed by atoms with Crippen molar-refractivity contribution in [2.75, 3.05) is 4.90 Å². The Bertz CT molecular complexity index is 3620. The lowest BCUT2D eigenvalue weighted by Gasteiger charge is -2.26. The highest BCUT2D eigenvalue weighted by molar-refractivity contribution is 5.97. The summed E-state index contributed by atoms with van der Waals surface area (Å²) >= 11 is 0. The molecule has 11 aromatic carbocycles. The van der Waals surface area contributed by atoms with Gasteiger partial charge in [0.25, 0.3) is 0 Å². The van der Waals surface area contributed by atoms with Crippen LogP contribution in [0.4, 0.5) is 17.1 Å². The van der Waals surface area contributed by atoms with Crippen molar-refractivity contribution in [2.45, 2.75) is 0 Å². The summed E-state index contributed by atoms with van der Waals surface area (Å²) in [5.41, 5.74) is 16.9. The van der Waals surface area contributed by atoms with Gasteiger partial charge >= 0.3 is 0 Å². The highest BCUT2D eigenvalue weighted by Gasteiger charge is 2.17. The maximum Gasteiger partial charge on any atom is 0.136 e. The molecule has 0 saturated heterocycles. The summed E-state index contributed by atoms with van der Waals surface area (Å²) in [6.07, 6.45) is 0. The van der Waals surface area contributed by atoms with Gasteiger partial charge in [-0.25, -0.2) is 0 Å². The van der Waals surface area contributed by atoms with E-state index in [1.165, 1.54) is 54.9 Å². The molecular weight excluding hydrogens is 799 g/mol. The fourth-order valence-electron chi connectivity index (χ4n) is 9.46. The fourth-order valence-corrected chi connectivity index (χ4v) is 9.46. The van der Waals surface area contributed by atoms with E-state index in [2.05, 4.69) is 254 Å². The van der Waals surface area contributed by atoms with Crippen molar-refractivity contribution in [3.05, 3.63) is 261 Å². The zero-order valence-electron chi connectivity index (χ0n) is 36.2. The number of benzene rings is 11. The molecule has 0 saturated carbocycles. The zero-order valence-corrected chi connectivity index (χ0v) is 36.2. The van der Waals surface area contributed by atoms with Crippen molar-refractivity contribution >= 4 is 49.6 Å². The number of para-hydroxylation sites is 1. The average Bonchev–Trinajstić information content (AvgIpc) is 3.84. The Morgan fingerprint density at radius 2 is 0.712 bits per heavy atom. The fraction of sp³-hybridized carbons (Fsp3) is 0. The van der Waals surface area contributed by atoms with Crippen LogP contribution in [0.3, 0.4) is 0 Å². The molecule has 0 aliphatic heterocycles. The molecular formula is C64H43NO. The van der Waals surface area contributed by atoms with E-state index in [0.29, 0.717) is 0 Å². The number of hydrogen-bond acceptors (Lipinski definition) is 2. The topological polar surface area (TPSA) is 16.4 Å². The normalized spacial score (nSPS) is 11.3. The third-order valence-corrected chi connectivity index (χ3v) is 12.9. The summed E-state index contributed by atoms with van der Waals surface area (Å²) in [5.74, 6) is 0.857. The van der Waals surface area contributed by atoms with Crippen LogP contribution >= 0.6 is 0 Å². The van der Waals surface area contributed by atoms with Crippen molar-refractivity contribution in [1.82, 2.24) is 0 Å². The molecule has 0 fully saturated rings. The van der Waals surface area contributed by atoms with Crippen molar-refractivity contribution in [3.8, 4) is 67.0 Å². The smallest absolute Gasteiger partial charge is 0.136 e. The first-order valence-electron chi connectivity index (χ1n) is 22.6. The molecule has 0 unspecified atom stereocenters. The minimum Gasteiger partial charge on any atom is -0.456 e. The standard InChI is InChI=1S/C64H43NO/c1-2-12-49(13-3-1)61-40-33-54(42-62(61)64-43-55-16-7-9-20-63(55)66-64)48-31-38-58(39-32-48)65(57-36-29-47(30-37-57)53-26-23-44-11-4-5-15-52(44)41-53)56-34-27-46(28-35-56)45-21-24-51(25-22-45)60-19-10-17-50-14-6-8-18-59(50)60/h1-43H. The first-order chi connectivity index (χ1) is 32.7. The van der Waals surface area contributed by atoms with Crippen LogP contribution in [0.2, 0.25) is 0 Å². The largest absolute Gasteiger partial charge is 0.456 e. The van der Waals surface area contributed by atoms with Gasteiger partial charge in [0.1, 0.15) is 11.3 Å². The van der Waals surface area contributed by atoms with E-state index in [4.69, 9.17) is 4.42 Å². The van der Waals surface area contributed by atoms with E-state index in [1.54, 1.807) is 0 Å². The van der Waals surface area contributed by atoms with Gasteiger partial charge in [-0.2, -0.15) is 0 Å². The summed E-state index contributed by atoms with van der Waals surface area (Å²) in [4.78, 5) is 2.35. The molecule has 2 heteroatoms. The van der Waals surface area contributed by atoms with E-state index in [9.17, 15) is 0 Å². The summed E-state index contributed by atoms with van der Waals surface area (Å²) in [6.45, 7) is 0. The monoisotopic (exact) mass is 841 g/mol. The van der Waals surface area contributed by atoms with E-state index >= 15 is 0 Å². The van der Waals surface area contributed by atoms with Gasteiger partial charge in [0.2, 0.25) is 0 Å². The van der Waals surface area contributed by atoms with Gasteiger partial charge in [0, 0.05) is 28.0 Å². The predicted octanol–water partition coefficient (Wildman–Crippen LogP) is 18.2. The number of nitrogens with zero attached hydrogens (tertiary/aromatic N) is 1. The number of furan rings is 1. The molecule has 0 radical (unpaired) electrons. The Morgan fingerprint density at radius 3 is 1.38 bits per heavy atom. The lowest BCUT2D eigenvalue weighted by molar-refractivity contribution is 0.632. The molecule has 0 spiro atoms. The molecule has 66 heavy (non-hydrogen) atoms. The van der Waals surface area contributed by atoms with Gasteiger partial charge < -0.3 is 9.32 Å². The second-order valence-electron chi connectivity index (χ2n) is 16.9. The Labute approximate surface area is 384 Å². The summed E-state index contributed by atoms with van der Waals surface area (Å²) in [5, 5.41) is 6.10. The number of rotatable bonds is 9. The SMILES string of the molecule is c1ccc(-c2ccc(-c3ccc(N(c4ccc(-c5ccc(-c6cccc7ccccc67)cc5)cc4)c4ccc(-c5ccc6ccccc6c5)cc4)cc3)cc2-c2cc3ccccc3o2)cc1. The van der Waals surface area contributed by atoms with Crippen LogP contribution in [0.15, 0.2) is 265 Å². The van der Waals surface area contributed by atoms with Crippen LogP contribution < -0.4 is 4.90 Å². The Kier molecular flexibility index (Phi) is 9.89. The van der Waals surface area contributed by atoms with Crippen molar-refractivity contribution in [1.29, 1.82) is 0 Å². The third-order valence-electron chi connectivity index (χ3n) is 12.9. The van der Waals surface area contributed by atoms with Crippen LogP contribution in [-0.4, -0.2) is 0 Å². The van der Waals surface area contributed by atoms with Gasteiger partial charge in [-0.1, -0.05) is 200 Å². The van der Waals surface area contributed by atoms with Crippen LogP contribution in [-0.2, 0) is 0 Å². The zero-order chi connectivity index (χ0) is 43.8. The Morgan fingerprint density at radius 1 is 0.242 bits per heavy atom. The molecule has 0 atom stereocenters. The molecule has 1 heterocycles. The van der Waals surface area contributed by atoms with Gasteiger partial charge in [0.15, 0.2) is 0 Å². The molecule has 1 aromatic heterocycles. The van der Waals surface area contributed by atoms with Crippen LogP contribution in [0.5, 0.6) is 0 Å². The maximum atomic E-state index is 6.48. The molecule has 12 aromatic rings. The van der Waals surface area contributed by atoms with Crippen molar-refractivity contribution < 1.29 is 4.42 Å². The summed E-state index contributed by atoms with van der Waals surface area (Å²) in [7, 11) is 0. The second-order valence-corrected chi connectivity index (χ2v) is 16.9. The molecule has 310 valence electrons. The first kappa shape index (κ1) is 38.9. The maximum absolute atomic E-state index is 6.48. The van der Waals surface area contributed by atoms with E-state index in [0.717, 1.165) is 61.6 Å². The molecule has 0 aliphatic carbocycles. The summed E-state index contributed by atoms with van der Waals surface area (Å²) < 4.78 is 6.48. The third kappa shape index (κ3) is 7.41. The molecule has 0 N–H and O–H groups in total. The number of hydrogen-bond donors (Lipinski definition) is 0. The Hall–Kier alpha value is -8.72.